The minimum Gasteiger partial charge on any atom is -0.465 e. The van der Waals surface area contributed by atoms with E-state index in [0.29, 0.717) is 22.4 Å². The molecular formula is C20H19N3O3S. The molecule has 1 aliphatic rings. The van der Waals surface area contributed by atoms with Crippen molar-refractivity contribution >= 4 is 34.6 Å². The number of ether oxygens (including phenoxy) is 1. The zero-order valence-corrected chi connectivity index (χ0v) is 16.0. The van der Waals surface area contributed by atoms with Crippen molar-refractivity contribution in [3.05, 3.63) is 63.9 Å². The number of carbonyl (C=O) groups excluding carboxylic acids is 1. The Morgan fingerprint density at radius 2 is 2.07 bits per heavy atom. The fraction of sp³-hybridized carbons (Fsp3) is 0.250. The first-order chi connectivity index (χ1) is 13.1. The molecular weight excluding hydrogens is 362 g/mol. The van der Waals surface area contributed by atoms with E-state index in [4.69, 9.17) is 9.72 Å². The van der Waals surface area contributed by atoms with Gasteiger partial charge in [-0.1, -0.05) is 12.1 Å². The van der Waals surface area contributed by atoms with Crippen LogP contribution >= 0.6 is 11.8 Å². The molecule has 1 fully saturated rings. The lowest BCUT2D eigenvalue weighted by molar-refractivity contribution is 0.0601. The van der Waals surface area contributed by atoms with Crippen molar-refractivity contribution in [3.63, 3.8) is 0 Å². The Kier molecular flexibility index (Phi) is 4.61. The number of carbonyl (C=O) groups is 1. The van der Waals surface area contributed by atoms with Crippen molar-refractivity contribution in [2.45, 2.75) is 6.92 Å². The van der Waals surface area contributed by atoms with Gasteiger partial charge in [-0.3, -0.25) is 4.79 Å². The van der Waals surface area contributed by atoms with Gasteiger partial charge in [-0.2, -0.15) is 0 Å². The number of thioether (sulfide) groups is 1. The summed E-state index contributed by atoms with van der Waals surface area (Å²) in [6.07, 6.45) is 0. The fourth-order valence-electron chi connectivity index (χ4n) is 3.20. The number of benzene rings is 2. The van der Waals surface area contributed by atoms with Crippen LogP contribution in [0, 0.1) is 6.92 Å². The standard InChI is InChI=1S/C20H19N3O3S/c1-13-4-3-5-15(10-13)23-18(24)16-7-6-14(19(25)26-2)11-17(16)21-20(23)22-8-9-27-12-22/h3-7,10-11H,8-9,12H2,1-2H3. The van der Waals surface area contributed by atoms with Crippen LogP contribution in [0.4, 0.5) is 5.95 Å². The maximum Gasteiger partial charge on any atom is 0.337 e. The summed E-state index contributed by atoms with van der Waals surface area (Å²) < 4.78 is 6.45. The van der Waals surface area contributed by atoms with Crippen LogP contribution in [0.3, 0.4) is 0 Å². The highest BCUT2D eigenvalue weighted by Crippen LogP contribution is 2.25. The van der Waals surface area contributed by atoms with Crippen molar-refractivity contribution in [2.75, 3.05) is 30.2 Å². The first-order valence-electron chi connectivity index (χ1n) is 8.63. The topological polar surface area (TPSA) is 64.4 Å². The molecule has 0 unspecified atom stereocenters. The van der Waals surface area contributed by atoms with Crippen LogP contribution in [-0.2, 0) is 4.74 Å². The summed E-state index contributed by atoms with van der Waals surface area (Å²) >= 11 is 1.80. The van der Waals surface area contributed by atoms with Crippen molar-refractivity contribution in [1.29, 1.82) is 0 Å². The summed E-state index contributed by atoms with van der Waals surface area (Å²) in [5.74, 6) is 1.93. The van der Waals surface area contributed by atoms with E-state index in [0.717, 1.165) is 29.4 Å². The molecule has 138 valence electrons. The molecule has 0 radical (unpaired) electrons. The van der Waals surface area contributed by atoms with Gasteiger partial charge in [-0.05, 0) is 42.8 Å². The zero-order valence-electron chi connectivity index (χ0n) is 15.1. The van der Waals surface area contributed by atoms with Crippen LogP contribution in [0.15, 0.2) is 47.3 Å². The van der Waals surface area contributed by atoms with Crippen LogP contribution in [0.1, 0.15) is 15.9 Å². The summed E-state index contributed by atoms with van der Waals surface area (Å²) in [6.45, 7) is 2.82. The van der Waals surface area contributed by atoms with E-state index in [9.17, 15) is 9.59 Å². The summed E-state index contributed by atoms with van der Waals surface area (Å²) in [6, 6.07) is 12.7. The molecule has 0 saturated carbocycles. The van der Waals surface area contributed by atoms with Gasteiger partial charge in [0.05, 0.1) is 35.1 Å². The Balaban J connectivity index is 2.00. The molecule has 0 atom stereocenters. The second kappa shape index (κ2) is 7.08. The van der Waals surface area contributed by atoms with Crippen LogP contribution in [0.5, 0.6) is 0 Å². The molecule has 27 heavy (non-hydrogen) atoms. The molecule has 0 bridgehead atoms. The normalized spacial score (nSPS) is 13.9. The highest BCUT2D eigenvalue weighted by atomic mass is 32.2. The molecule has 1 aliphatic heterocycles. The number of esters is 1. The first-order valence-corrected chi connectivity index (χ1v) is 9.79. The van der Waals surface area contributed by atoms with Gasteiger partial charge in [-0.25, -0.2) is 14.3 Å². The summed E-state index contributed by atoms with van der Waals surface area (Å²) in [5.41, 5.74) is 2.60. The minimum atomic E-state index is -0.445. The van der Waals surface area contributed by atoms with Gasteiger partial charge in [0.1, 0.15) is 0 Å². The smallest absolute Gasteiger partial charge is 0.337 e. The largest absolute Gasteiger partial charge is 0.465 e. The lowest BCUT2D eigenvalue weighted by Crippen LogP contribution is -2.30. The van der Waals surface area contributed by atoms with E-state index < -0.39 is 5.97 Å². The molecule has 4 rings (SSSR count). The quantitative estimate of drug-likeness (QED) is 0.650. The predicted molar refractivity (Wildman–Crippen MR) is 108 cm³/mol. The number of methoxy groups -OCH3 is 1. The van der Waals surface area contributed by atoms with Crippen LogP contribution in [0.25, 0.3) is 16.6 Å². The number of fused-ring (bicyclic) bond motifs is 1. The number of anilines is 1. The minimum absolute atomic E-state index is 0.145. The molecule has 6 nitrogen and oxygen atoms in total. The summed E-state index contributed by atoms with van der Waals surface area (Å²) in [7, 11) is 1.34. The lowest BCUT2D eigenvalue weighted by Gasteiger charge is -2.21. The molecule has 0 N–H and O–H groups in total. The Labute approximate surface area is 160 Å². The molecule has 1 aromatic heterocycles. The first kappa shape index (κ1) is 17.6. The number of hydrogen-bond acceptors (Lipinski definition) is 6. The Hall–Kier alpha value is -2.80. The second-order valence-electron chi connectivity index (χ2n) is 6.42. The fourth-order valence-corrected chi connectivity index (χ4v) is 4.15. The third-order valence-electron chi connectivity index (χ3n) is 4.57. The maximum absolute atomic E-state index is 13.3. The molecule has 0 amide bonds. The number of aromatic nitrogens is 2. The third kappa shape index (κ3) is 3.19. The van der Waals surface area contributed by atoms with Gasteiger partial charge in [0, 0.05) is 12.3 Å². The lowest BCUT2D eigenvalue weighted by atomic mass is 10.1. The molecule has 2 heterocycles. The van der Waals surface area contributed by atoms with Crippen molar-refractivity contribution in [2.24, 2.45) is 0 Å². The molecule has 0 aliphatic carbocycles. The van der Waals surface area contributed by atoms with E-state index in [1.54, 1.807) is 34.5 Å². The Bertz CT molecular complexity index is 1090. The average molecular weight is 381 g/mol. The van der Waals surface area contributed by atoms with Gasteiger partial charge in [-0.15, -0.1) is 11.8 Å². The maximum atomic E-state index is 13.3. The van der Waals surface area contributed by atoms with Crippen LogP contribution in [-0.4, -0.2) is 40.8 Å². The average Bonchev–Trinajstić information content (AvgIpc) is 3.21. The zero-order chi connectivity index (χ0) is 19.0. The van der Waals surface area contributed by atoms with Crippen molar-refractivity contribution < 1.29 is 9.53 Å². The highest BCUT2D eigenvalue weighted by Gasteiger charge is 2.22. The Morgan fingerprint density at radius 3 is 2.78 bits per heavy atom. The monoisotopic (exact) mass is 381 g/mol. The van der Waals surface area contributed by atoms with E-state index in [-0.39, 0.29) is 5.56 Å². The molecule has 1 saturated heterocycles. The Morgan fingerprint density at radius 1 is 1.22 bits per heavy atom. The number of nitrogens with zero attached hydrogens (tertiary/aromatic N) is 3. The number of rotatable bonds is 3. The van der Waals surface area contributed by atoms with Gasteiger partial charge >= 0.3 is 5.97 Å². The van der Waals surface area contributed by atoms with Crippen molar-refractivity contribution in [3.8, 4) is 5.69 Å². The van der Waals surface area contributed by atoms with Gasteiger partial charge in [0.2, 0.25) is 5.95 Å². The van der Waals surface area contributed by atoms with E-state index in [1.807, 2.05) is 31.2 Å². The SMILES string of the molecule is COC(=O)c1ccc2c(=O)n(-c3cccc(C)c3)c(N3CCSC3)nc2c1. The van der Waals surface area contributed by atoms with E-state index in [1.165, 1.54) is 7.11 Å². The number of aryl methyl sites for hydroxylation is 1. The van der Waals surface area contributed by atoms with Gasteiger partial charge in [0.15, 0.2) is 0 Å². The summed E-state index contributed by atoms with van der Waals surface area (Å²) in [4.78, 5) is 32.1. The highest BCUT2D eigenvalue weighted by molar-refractivity contribution is 7.99. The predicted octanol–water partition coefficient (Wildman–Crippen LogP) is 2.99. The number of hydrogen-bond donors (Lipinski definition) is 0. The molecule has 3 aromatic rings. The van der Waals surface area contributed by atoms with Gasteiger partial charge in [0.25, 0.3) is 5.56 Å². The van der Waals surface area contributed by atoms with Gasteiger partial charge < -0.3 is 9.64 Å². The molecule has 7 heteroatoms. The summed E-state index contributed by atoms with van der Waals surface area (Å²) in [5, 5.41) is 0.472. The molecule has 2 aromatic carbocycles. The van der Waals surface area contributed by atoms with Crippen LogP contribution in [0.2, 0.25) is 0 Å². The molecule has 0 spiro atoms. The van der Waals surface area contributed by atoms with E-state index in [2.05, 4.69) is 4.90 Å². The van der Waals surface area contributed by atoms with E-state index >= 15 is 0 Å². The van der Waals surface area contributed by atoms with Crippen LogP contribution < -0.4 is 10.5 Å². The second-order valence-corrected chi connectivity index (χ2v) is 7.49. The van der Waals surface area contributed by atoms with Crippen molar-refractivity contribution in [1.82, 2.24) is 9.55 Å². The third-order valence-corrected chi connectivity index (χ3v) is 5.53.